The molecule has 1 N–H and O–H groups in total. The van der Waals surface area contributed by atoms with Crippen LogP contribution in [0.15, 0.2) is 78.2 Å². The number of benzene rings is 3. The van der Waals surface area contributed by atoms with E-state index >= 15 is 0 Å². The number of fused-ring (bicyclic) bond motifs is 1. The van der Waals surface area contributed by atoms with Crippen LogP contribution in [-0.2, 0) is 20.9 Å². The van der Waals surface area contributed by atoms with Gasteiger partial charge in [0.15, 0.2) is 0 Å². The molecule has 0 radical (unpaired) electrons. The molecule has 0 fully saturated rings. The maximum Gasteiger partial charge on any atom is 0.299 e. The number of ketones is 1. The van der Waals surface area contributed by atoms with Gasteiger partial charge in [0.05, 0.1) is 23.5 Å². The second-order valence-corrected chi connectivity index (χ2v) is 11.4. The Labute approximate surface area is 252 Å². The summed E-state index contributed by atoms with van der Waals surface area (Å²) in [6, 6.07) is 20.2. The Kier molecular flexibility index (Phi) is 8.37. The zero-order valence-electron chi connectivity index (χ0n) is 23.2. The molecule has 3 amide bonds. The fourth-order valence-corrected chi connectivity index (χ4v) is 5.51. The van der Waals surface area contributed by atoms with Gasteiger partial charge in [0, 0.05) is 41.4 Å². The summed E-state index contributed by atoms with van der Waals surface area (Å²) in [7, 11) is 3.85. The number of carbonyl (C=O) groups is 4. The molecule has 0 saturated heterocycles. The van der Waals surface area contributed by atoms with Crippen molar-refractivity contribution in [3.05, 3.63) is 93.8 Å². The molecule has 1 atom stereocenters. The lowest BCUT2D eigenvalue weighted by Crippen LogP contribution is -2.49. The van der Waals surface area contributed by atoms with E-state index in [2.05, 4.69) is 10.3 Å². The Morgan fingerprint density at radius 3 is 2.38 bits per heavy atom. The topological polar surface area (TPSA) is 103 Å². The number of rotatable bonds is 9. The van der Waals surface area contributed by atoms with Gasteiger partial charge in [0.2, 0.25) is 11.8 Å². The van der Waals surface area contributed by atoms with E-state index in [9.17, 15) is 19.2 Å². The van der Waals surface area contributed by atoms with Crippen LogP contribution in [0.5, 0.6) is 0 Å². The minimum atomic E-state index is -0.919. The number of hydrogen-bond donors (Lipinski definition) is 1. The summed E-state index contributed by atoms with van der Waals surface area (Å²) in [6.07, 6.45) is 0. The van der Waals surface area contributed by atoms with Crippen LogP contribution in [0.4, 0.5) is 17.1 Å². The van der Waals surface area contributed by atoms with Crippen molar-refractivity contribution in [1.82, 2.24) is 9.88 Å². The van der Waals surface area contributed by atoms with Gasteiger partial charge in [-0.15, -0.1) is 11.3 Å². The van der Waals surface area contributed by atoms with Gasteiger partial charge in [-0.05, 0) is 55.5 Å². The predicted molar refractivity (Wildman–Crippen MR) is 165 cm³/mol. The summed E-state index contributed by atoms with van der Waals surface area (Å²) < 4.78 is 0. The standard InChI is InChI=1S/C31H28ClN5O4S/c1-19(30(40)33-22-12-14-23(15-13-22)35(2)3)36(16-27-34-25(18-42-27)20-8-10-21(32)11-9-20)28(38)17-37-26-7-5-4-6-24(26)29(39)31(37)41/h4-15,18-19H,16-17H2,1-3H3,(H,33,40). The number of thiazole rings is 1. The van der Waals surface area contributed by atoms with Gasteiger partial charge < -0.3 is 15.1 Å². The second-order valence-electron chi connectivity index (χ2n) is 10.00. The molecule has 0 aliphatic carbocycles. The lowest BCUT2D eigenvalue weighted by molar-refractivity contribution is -0.138. The summed E-state index contributed by atoms with van der Waals surface area (Å²) in [5, 5.41) is 5.96. The molecular formula is C31H28ClN5O4S. The quantitative estimate of drug-likeness (QED) is 0.267. The summed E-state index contributed by atoms with van der Waals surface area (Å²) >= 11 is 7.38. The van der Waals surface area contributed by atoms with E-state index in [4.69, 9.17) is 11.6 Å². The molecule has 0 bridgehead atoms. The van der Waals surface area contributed by atoms with Crippen LogP contribution in [0, 0.1) is 0 Å². The molecule has 2 heterocycles. The number of nitrogens with one attached hydrogen (secondary N) is 1. The lowest BCUT2D eigenvalue weighted by Gasteiger charge is -2.29. The molecule has 0 spiro atoms. The number of aromatic nitrogens is 1. The van der Waals surface area contributed by atoms with Crippen LogP contribution in [-0.4, -0.2) is 60.1 Å². The first kappa shape index (κ1) is 29.0. The van der Waals surface area contributed by atoms with E-state index in [0.717, 1.165) is 11.3 Å². The van der Waals surface area contributed by atoms with Gasteiger partial charge in [-0.1, -0.05) is 35.9 Å². The Morgan fingerprint density at radius 1 is 1.00 bits per heavy atom. The van der Waals surface area contributed by atoms with Crippen LogP contribution >= 0.6 is 22.9 Å². The highest BCUT2D eigenvalue weighted by Gasteiger charge is 2.38. The molecule has 3 aromatic carbocycles. The van der Waals surface area contributed by atoms with E-state index in [0.29, 0.717) is 27.1 Å². The Balaban J connectivity index is 1.39. The molecule has 11 heteroatoms. The highest BCUT2D eigenvalue weighted by atomic mass is 35.5. The minimum Gasteiger partial charge on any atom is -0.378 e. The average molecular weight is 602 g/mol. The van der Waals surface area contributed by atoms with Crippen molar-refractivity contribution in [2.75, 3.05) is 35.8 Å². The highest BCUT2D eigenvalue weighted by Crippen LogP contribution is 2.29. The van der Waals surface area contributed by atoms with E-state index in [1.54, 1.807) is 55.5 Å². The number of carbonyl (C=O) groups excluding carboxylic acids is 4. The zero-order chi connectivity index (χ0) is 30.0. The first-order chi connectivity index (χ1) is 20.1. The van der Waals surface area contributed by atoms with Crippen molar-refractivity contribution >= 4 is 63.5 Å². The summed E-state index contributed by atoms with van der Waals surface area (Å²) in [6.45, 7) is 1.26. The second kappa shape index (κ2) is 12.1. The molecule has 4 aromatic rings. The van der Waals surface area contributed by atoms with E-state index < -0.39 is 36.1 Å². The summed E-state index contributed by atoms with van der Waals surface area (Å²) in [5.74, 6) is -2.34. The third kappa shape index (κ3) is 6.05. The molecule has 0 saturated carbocycles. The molecular weight excluding hydrogens is 574 g/mol. The van der Waals surface area contributed by atoms with Gasteiger partial charge in [-0.25, -0.2) is 4.98 Å². The van der Waals surface area contributed by atoms with Crippen LogP contribution in [0.2, 0.25) is 5.02 Å². The maximum absolute atomic E-state index is 13.8. The van der Waals surface area contributed by atoms with Crippen LogP contribution in [0.1, 0.15) is 22.3 Å². The van der Waals surface area contributed by atoms with Crippen molar-refractivity contribution in [2.45, 2.75) is 19.5 Å². The van der Waals surface area contributed by atoms with Gasteiger partial charge >= 0.3 is 0 Å². The first-order valence-corrected chi connectivity index (χ1v) is 14.4. The Hall–Kier alpha value is -4.54. The molecule has 9 nitrogen and oxygen atoms in total. The smallest absolute Gasteiger partial charge is 0.299 e. The van der Waals surface area contributed by atoms with Gasteiger partial charge in [-0.3, -0.25) is 24.1 Å². The highest BCUT2D eigenvalue weighted by molar-refractivity contribution is 7.09. The van der Waals surface area contributed by atoms with E-state index in [1.165, 1.54) is 21.1 Å². The number of amides is 3. The van der Waals surface area contributed by atoms with Gasteiger partial charge in [0.1, 0.15) is 17.6 Å². The summed E-state index contributed by atoms with van der Waals surface area (Å²) in [5.41, 5.74) is 3.76. The van der Waals surface area contributed by atoms with Crippen molar-refractivity contribution in [1.29, 1.82) is 0 Å². The Morgan fingerprint density at radius 2 is 1.69 bits per heavy atom. The minimum absolute atomic E-state index is 0.0306. The van der Waals surface area contributed by atoms with Gasteiger partial charge in [-0.2, -0.15) is 0 Å². The number of halogens is 1. The van der Waals surface area contributed by atoms with Crippen molar-refractivity contribution in [3.8, 4) is 11.3 Å². The maximum atomic E-state index is 13.8. The van der Waals surface area contributed by atoms with Crippen molar-refractivity contribution in [3.63, 3.8) is 0 Å². The number of Topliss-reactive ketones (excluding diaryl/α,β-unsaturated/α-hetero) is 1. The normalized spacial score (nSPS) is 13.1. The monoisotopic (exact) mass is 601 g/mol. The van der Waals surface area contributed by atoms with Crippen LogP contribution in [0.25, 0.3) is 11.3 Å². The van der Waals surface area contributed by atoms with Crippen molar-refractivity contribution in [2.24, 2.45) is 0 Å². The zero-order valence-corrected chi connectivity index (χ0v) is 24.8. The SMILES string of the molecule is CC(C(=O)Nc1ccc(N(C)C)cc1)N(Cc1nc(-c2ccc(Cl)cc2)cs1)C(=O)CN1C(=O)C(=O)c2ccccc21. The Bertz CT molecular complexity index is 1650. The molecule has 1 unspecified atom stereocenters. The van der Waals surface area contributed by atoms with Crippen LogP contribution < -0.4 is 15.1 Å². The molecule has 5 rings (SSSR count). The third-order valence-electron chi connectivity index (χ3n) is 6.99. The lowest BCUT2D eigenvalue weighted by atomic mass is 10.1. The van der Waals surface area contributed by atoms with Gasteiger partial charge in [0.25, 0.3) is 11.7 Å². The molecule has 1 aromatic heterocycles. The third-order valence-corrected chi connectivity index (χ3v) is 8.07. The van der Waals surface area contributed by atoms with Crippen LogP contribution in [0.3, 0.4) is 0 Å². The fraction of sp³-hybridized carbons (Fsp3) is 0.194. The largest absolute Gasteiger partial charge is 0.378 e. The predicted octanol–water partition coefficient (Wildman–Crippen LogP) is 5.11. The molecule has 1 aliphatic heterocycles. The molecule has 42 heavy (non-hydrogen) atoms. The molecule has 214 valence electrons. The number of hydrogen-bond acceptors (Lipinski definition) is 7. The van der Waals surface area contributed by atoms with Crippen molar-refractivity contribution < 1.29 is 19.2 Å². The fourth-order valence-electron chi connectivity index (χ4n) is 4.59. The molecule has 1 aliphatic rings. The number of nitrogens with zero attached hydrogens (tertiary/aromatic N) is 4. The number of para-hydroxylation sites is 1. The number of anilines is 3. The first-order valence-electron chi connectivity index (χ1n) is 13.2. The summed E-state index contributed by atoms with van der Waals surface area (Å²) in [4.78, 5) is 61.7. The van der Waals surface area contributed by atoms with E-state index in [1.807, 2.05) is 48.6 Å². The average Bonchev–Trinajstić information content (AvgIpc) is 3.55. The van der Waals surface area contributed by atoms with E-state index in [-0.39, 0.29) is 12.1 Å².